The third-order valence-corrected chi connectivity index (χ3v) is 3.62. The molecule has 0 radical (unpaired) electrons. The number of rotatable bonds is 2. The maximum Gasteiger partial charge on any atom is 0.161 e. The number of aryl methyl sites for hydroxylation is 2. The molecular formula is C17H15ClN2O. The van der Waals surface area contributed by atoms with Gasteiger partial charge < -0.3 is 4.74 Å². The summed E-state index contributed by atoms with van der Waals surface area (Å²) in [6, 6.07) is 11.9. The van der Waals surface area contributed by atoms with Crippen LogP contribution in [0.1, 0.15) is 11.1 Å². The second-order valence-electron chi connectivity index (χ2n) is 5.10. The lowest BCUT2D eigenvalue weighted by atomic mass is 10.1. The molecule has 0 atom stereocenters. The fourth-order valence-electron chi connectivity index (χ4n) is 2.43. The molecule has 0 spiro atoms. The minimum atomic E-state index is 0.438. The van der Waals surface area contributed by atoms with Crippen molar-refractivity contribution in [3.05, 3.63) is 52.7 Å². The van der Waals surface area contributed by atoms with Gasteiger partial charge in [-0.3, -0.25) is 0 Å². The van der Waals surface area contributed by atoms with Gasteiger partial charge in [-0.2, -0.15) is 0 Å². The summed E-state index contributed by atoms with van der Waals surface area (Å²) in [7, 11) is 1.62. The zero-order valence-corrected chi connectivity index (χ0v) is 12.9. The summed E-state index contributed by atoms with van der Waals surface area (Å²) < 4.78 is 5.21. The van der Waals surface area contributed by atoms with Crippen LogP contribution in [0.25, 0.3) is 22.3 Å². The van der Waals surface area contributed by atoms with Gasteiger partial charge in [0.25, 0.3) is 0 Å². The van der Waals surface area contributed by atoms with E-state index in [0.29, 0.717) is 11.0 Å². The fourth-order valence-corrected chi connectivity index (χ4v) is 2.66. The lowest BCUT2D eigenvalue weighted by molar-refractivity contribution is 0.415. The normalized spacial score (nSPS) is 10.9. The Kier molecular flexibility index (Phi) is 3.52. The molecule has 2 aromatic carbocycles. The topological polar surface area (TPSA) is 35.0 Å². The molecule has 21 heavy (non-hydrogen) atoms. The van der Waals surface area contributed by atoms with E-state index in [1.54, 1.807) is 7.11 Å². The Balaban J connectivity index is 2.20. The van der Waals surface area contributed by atoms with Crippen LogP contribution in [0.5, 0.6) is 5.75 Å². The number of nitrogens with zero attached hydrogens (tertiary/aromatic N) is 2. The van der Waals surface area contributed by atoms with Crippen molar-refractivity contribution in [3.8, 4) is 17.1 Å². The van der Waals surface area contributed by atoms with Crippen molar-refractivity contribution in [3.63, 3.8) is 0 Å². The molecule has 1 heterocycles. The Morgan fingerprint density at radius 1 is 0.952 bits per heavy atom. The maximum atomic E-state index is 6.31. The number of hydrogen-bond donors (Lipinski definition) is 0. The molecule has 0 amide bonds. The Bertz CT molecular complexity index is 810. The van der Waals surface area contributed by atoms with Crippen LogP contribution >= 0.6 is 11.6 Å². The largest absolute Gasteiger partial charge is 0.497 e. The van der Waals surface area contributed by atoms with E-state index < -0.39 is 0 Å². The zero-order valence-electron chi connectivity index (χ0n) is 12.1. The summed E-state index contributed by atoms with van der Waals surface area (Å²) in [6.07, 6.45) is 0. The van der Waals surface area contributed by atoms with E-state index in [1.165, 1.54) is 11.1 Å². The average Bonchev–Trinajstić information content (AvgIpc) is 2.46. The molecule has 0 saturated carbocycles. The van der Waals surface area contributed by atoms with Crippen LogP contribution in [0, 0.1) is 13.8 Å². The smallest absolute Gasteiger partial charge is 0.161 e. The SMILES string of the molecule is COc1ccc2nc(-c3cc(C)cc(C)c3)nc(Cl)c2c1. The summed E-state index contributed by atoms with van der Waals surface area (Å²) in [4.78, 5) is 9.04. The lowest BCUT2D eigenvalue weighted by Crippen LogP contribution is -1.94. The second kappa shape index (κ2) is 5.34. The number of benzene rings is 2. The molecule has 0 aliphatic heterocycles. The summed E-state index contributed by atoms with van der Waals surface area (Å²) in [6.45, 7) is 4.12. The van der Waals surface area contributed by atoms with E-state index in [2.05, 4.69) is 42.0 Å². The van der Waals surface area contributed by atoms with Crippen LogP contribution in [0.3, 0.4) is 0 Å². The van der Waals surface area contributed by atoms with Crippen molar-refractivity contribution in [2.75, 3.05) is 7.11 Å². The Morgan fingerprint density at radius 3 is 2.33 bits per heavy atom. The minimum Gasteiger partial charge on any atom is -0.497 e. The molecule has 0 N–H and O–H groups in total. The van der Waals surface area contributed by atoms with E-state index >= 15 is 0 Å². The molecule has 3 aromatic rings. The highest BCUT2D eigenvalue weighted by molar-refractivity contribution is 6.34. The second-order valence-corrected chi connectivity index (χ2v) is 5.46. The van der Waals surface area contributed by atoms with Crippen molar-refractivity contribution in [2.24, 2.45) is 0 Å². The molecule has 0 aliphatic rings. The van der Waals surface area contributed by atoms with Gasteiger partial charge in [-0.05, 0) is 44.2 Å². The van der Waals surface area contributed by atoms with Gasteiger partial charge in [0.1, 0.15) is 10.9 Å². The number of hydrogen-bond acceptors (Lipinski definition) is 3. The molecule has 0 bridgehead atoms. The third-order valence-electron chi connectivity index (χ3n) is 3.34. The number of fused-ring (bicyclic) bond motifs is 1. The molecule has 1 aromatic heterocycles. The summed E-state index contributed by atoms with van der Waals surface area (Å²) in [5.41, 5.74) is 4.15. The third kappa shape index (κ3) is 2.69. The average molecular weight is 299 g/mol. The molecular weight excluding hydrogens is 284 g/mol. The number of methoxy groups -OCH3 is 1. The van der Waals surface area contributed by atoms with Crippen molar-refractivity contribution < 1.29 is 4.74 Å². The Labute approximate surface area is 128 Å². The van der Waals surface area contributed by atoms with Gasteiger partial charge in [0.15, 0.2) is 5.82 Å². The maximum absolute atomic E-state index is 6.31. The lowest BCUT2D eigenvalue weighted by Gasteiger charge is -2.08. The predicted octanol–water partition coefficient (Wildman–Crippen LogP) is 4.58. The molecule has 4 heteroatoms. The van der Waals surface area contributed by atoms with Gasteiger partial charge in [-0.1, -0.05) is 28.8 Å². The van der Waals surface area contributed by atoms with Crippen molar-refractivity contribution >= 4 is 22.5 Å². The van der Waals surface area contributed by atoms with E-state index in [1.807, 2.05) is 18.2 Å². The molecule has 3 rings (SSSR count). The van der Waals surface area contributed by atoms with Crippen molar-refractivity contribution in [1.82, 2.24) is 9.97 Å². The number of ether oxygens (including phenoxy) is 1. The molecule has 0 saturated heterocycles. The van der Waals surface area contributed by atoms with E-state index in [4.69, 9.17) is 16.3 Å². The monoisotopic (exact) mass is 298 g/mol. The van der Waals surface area contributed by atoms with E-state index in [9.17, 15) is 0 Å². The van der Waals surface area contributed by atoms with Gasteiger partial charge in [0.2, 0.25) is 0 Å². The molecule has 0 fully saturated rings. The van der Waals surface area contributed by atoms with Crippen LogP contribution in [-0.4, -0.2) is 17.1 Å². The van der Waals surface area contributed by atoms with Crippen LogP contribution < -0.4 is 4.74 Å². The van der Waals surface area contributed by atoms with Crippen molar-refractivity contribution in [2.45, 2.75) is 13.8 Å². The van der Waals surface area contributed by atoms with Crippen LogP contribution in [0.2, 0.25) is 5.15 Å². The van der Waals surface area contributed by atoms with Gasteiger partial charge in [0.05, 0.1) is 12.6 Å². The highest BCUT2D eigenvalue weighted by Gasteiger charge is 2.09. The van der Waals surface area contributed by atoms with Gasteiger partial charge in [0, 0.05) is 10.9 Å². The van der Waals surface area contributed by atoms with Gasteiger partial charge in [-0.15, -0.1) is 0 Å². The summed E-state index contributed by atoms with van der Waals surface area (Å²) in [5, 5.41) is 1.23. The zero-order chi connectivity index (χ0) is 15.0. The molecule has 106 valence electrons. The standard InChI is InChI=1S/C17H15ClN2O/c1-10-6-11(2)8-12(7-10)17-19-15-5-4-13(21-3)9-14(15)16(18)20-17/h4-9H,1-3H3. The first-order chi connectivity index (χ1) is 10.1. The minimum absolute atomic E-state index is 0.438. The highest BCUT2D eigenvalue weighted by Crippen LogP contribution is 2.28. The van der Waals surface area contributed by atoms with Crippen LogP contribution in [-0.2, 0) is 0 Å². The highest BCUT2D eigenvalue weighted by atomic mass is 35.5. The molecule has 3 nitrogen and oxygen atoms in total. The summed E-state index contributed by atoms with van der Waals surface area (Å²) in [5.74, 6) is 1.39. The van der Waals surface area contributed by atoms with Crippen LogP contribution in [0.4, 0.5) is 0 Å². The Hall–Kier alpha value is -2.13. The van der Waals surface area contributed by atoms with E-state index in [-0.39, 0.29) is 0 Å². The van der Waals surface area contributed by atoms with Crippen molar-refractivity contribution in [1.29, 1.82) is 0 Å². The quantitative estimate of drug-likeness (QED) is 0.650. The van der Waals surface area contributed by atoms with Gasteiger partial charge in [-0.25, -0.2) is 9.97 Å². The first-order valence-corrected chi connectivity index (χ1v) is 7.04. The first kappa shape index (κ1) is 13.8. The fraction of sp³-hybridized carbons (Fsp3) is 0.176. The predicted molar refractivity (Wildman–Crippen MR) is 86.0 cm³/mol. The first-order valence-electron chi connectivity index (χ1n) is 6.67. The number of halogens is 1. The van der Waals surface area contributed by atoms with Gasteiger partial charge >= 0.3 is 0 Å². The number of aromatic nitrogens is 2. The van der Waals surface area contributed by atoms with E-state index in [0.717, 1.165) is 22.2 Å². The van der Waals surface area contributed by atoms with Crippen LogP contribution in [0.15, 0.2) is 36.4 Å². The Morgan fingerprint density at radius 2 is 1.67 bits per heavy atom. The molecule has 0 unspecified atom stereocenters. The molecule has 0 aliphatic carbocycles. The summed E-state index contributed by atoms with van der Waals surface area (Å²) >= 11 is 6.31.